The van der Waals surface area contributed by atoms with Crippen molar-refractivity contribution in [3.8, 4) is 0 Å². The highest BCUT2D eigenvalue weighted by Crippen LogP contribution is 2.23. The zero-order valence-corrected chi connectivity index (χ0v) is 17.0. The van der Waals surface area contributed by atoms with E-state index in [4.69, 9.17) is 11.6 Å². The molecule has 0 aromatic heterocycles. The van der Waals surface area contributed by atoms with Crippen LogP contribution in [0.2, 0.25) is 5.02 Å². The Balaban J connectivity index is 1.76. The number of Topliss-reactive ketones (excluding diaryl/α,β-unsaturated/α-hetero) is 1. The van der Waals surface area contributed by atoms with Crippen molar-refractivity contribution in [3.63, 3.8) is 0 Å². The number of nitro groups is 1. The molecule has 0 aliphatic rings. The van der Waals surface area contributed by atoms with E-state index in [-0.39, 0.29) is 30.2 Å². The molecular formula is C23H18ClFN2O4. The normalized spacial score (nSPS) is 11.5. The highest BCUT2D eigenvalue weighted by molar-refractivity contribution is 6.30. The van der Waals surface area contributed by atoms with Gasteiger partial charge >= 0.3 is 0 Å². The lowest BCUT2D eigenvalue weighted by atomic mass is 9.97. The molecule has 6 nitrogen and oxygen atoms in total. The second-order valence-electron chi connectivity index (χ2n) is 6.91. The molecule has 158 valence electrons. The summed E-state index contributed by atoms with van der Waals surface area (Å²) in [5, 5.41) is 14.1. The Kier molecular flexibility index (Phi) is 7.10. The van der Waals surface area contributed by atoms with Gasteiger partial charge in [-0.2, -0.15) is 0 Å². The first-order chi connectivity index (χ1) is 14.8. The zero-order valence-electron chi connectivity index (χ0n) is 16.3. The van der Waals surface area contributed by atoms with Gasteiger partial charge in [0, 0.05) is 29.1 Å². The molecule has 0 fully saturated rings. The van der Waals surface area contributed by atoms with Crippen LogP contribution in [0.1, 0.15) is 33.9 Å². The lowest BCUT2D eigenvalue weighted by molar-refractivity contribution is -0.384. The maximum atomic E-state index is 13.1. The second-order valence-corrected chi connectivity index (χ2v) is 7.35. The fraction of sp³-hybridized carbons (Fsp3) is 0.130. The maximum Gasteiger partial charge on any atom is 0.269 e. The summed E-state index contributed by atoms with van der Waals surface area (Å²) < 4.78 is 13.1. The molecule has 0 saturated carbocycles. The van der Waals surface area contributed by atoms with Gasteiger partial charge in [0.1, 0.15) is 5.82 Å². The molecule has 3 rings (SSSR count). The molecule has 3 aromatic rings. The van der Waals surface area contributed by atoms with Gasteiger partial charge in [0.05, 0.1) is 17.4 Å². The van der Waals surface area contributed by atoms with Gasteiger partial charge in [-0.05, 0) is 47.5 Å². The van der Waals surface area contributed by atoms with Crippen molar-refractivity contribution < 1.29 is 18.9 Å². The molecule has 0 spiro atoms. The van der Waals surface area contributed by atoms with E-state index in [0.717, 1.165) is 0 Å². The molecule has 0 saturated heterocycles. The Morgan fingerprint density at radius 1 is 1.03 bits per heavy atom. The van der Waals surface area contributed by atoms with E-state index < -0.39 is 16.8 Å². The maximum absolute atomic E-state index is 13.1. The minimum absolute atomic E-state index is 0.0141. The largest absolute Gasteiger partial charge is 0.349 e. The standard InChI is InChI=1S/C23H18ClFN2O4/c24-18-3-1-2-17(13-18)21(14-22(28)16-6-8-19(25)9-7-16)26-23(29)12-15-4-10-20(11-5-15)27(30)31/h1-11,13,21H,12,14H2,(H,26,29). The molecule has 0 aliphatic carbocycles. The Morgan fingerprint density at radius 3 is 2.32 bits per heavy atom. The van der Waals surface area contributed by atoms with Crippen LogP contribution in [-0.4, -0.2) is 16.6 Å². The quantitative estimate of drug-likeness (QED) is 0.301. The van der Waals surface area contributed by atoms with Crippen LogP contribution in [0.3, 0.4) is 0 Å². The minimum Gasteiger partial charge on any atom is -0.349 e. The Morgan fingerprint density at radius 2 is 1.71 bits per heavy atom. The van der Waals surface area contributed by atoms with Crippen LogP contribution in [0.15, 0.2) is 72.8 Å². The summed E-state index contributed by atoms with van der Waals surface area (Å²) in [4.78, 5) is 35.6. The molecule has 1 N–H and O–H groups in total. The fourth-order valence-electron chi connectivity index (χ4n) is 3.08. The summed E-state index contributed by atoms with van der Waals surface area (Å²) >= 11 is 6.07. The molecule has 31 heavy (non-hydrogen) atoms. The van der Waals surface area contributed by atoms with Crippen LogP contribution in [0.25, 0.3) is 0 Å². The van der Waals surface area contributed by atoms with Crippen LogP contribution in [0, 0.1) is 15.9 Å². The number of benzene rings is 3. The average Bonchev–Trinajstić information content (AvgIpc) is 2.74. The van der Waals surface area contributed by atoms with Crippen molar-refractivity contribution in [2.75, 3.05) is 0 Å². The van der Waals surface area contributed by atoms with Crippen LogP contribution in [-0.2, 0) is 11.2 Å². The third-order valence-electron chi connectivity index (χ3n) is 4.65. The molecule has 3 aromatic carbocycles. The average molecular weight is 441 g/mol. The van der Waals surface area contributed by atoms with Gasteiger partial charge in [0.2, 0.25) is 5.91 Å². The van der Waals surface area contributed by atoms with Crippen LogP contribution >= 0.6 is 11.6 Å². The summed E-state index contributed by atoms with van der Waals surface area (Å²) in [5.74, 6) is -1.06. The molecule has 1 amide bonds. The summed E-state index contributed by atoms with van der Waals surface area (Å²) in [7, 11) is 0. The predicted octanol–water partition coefficient (Wildman–Crippen LogP) is 5.06. The van der Waals surface area contributed by atoms with Gasteiger partial charge in [-0.15, -0.1) is 0 Å². The second kappa shape index (κ2) is 9.95. The van der Waals surface area contributed by atoms with E-state index in [2.05, 4.69) is 5.32 Å². The number of ketones is 1. The Hall–Kier alpha value is -3.58. The van der Waals surface area contributed by atoms with E-state index >= 15 is 0 Å². The molecule has 0 bridgehead atoms. The lowest BCUT2D eigenvalue weighted by Gasteiger charge is -2.19. The van der Waals surface area contributed by atoms with Crippen LogP contribution in [0.4, 0.5) is 10.1 Å². The number of nitrogens with zero attached hydrogens (tertiary/aromatic N) is 1. The topological polar surface area (TPSA) is 89.3 Å². The van der Waals surface area contributed by atoms with Gasteiger partial charge in [0.15, 0.2) is 5.78 Å². The van der Waals surface area contributed by atoms with E-state index in [1.165, 1.54) is 48.5 Å². The van der Waals surface area contributed by atoms with Gasteiger partial charge in [-0.1, -0.05) is 35.9 Å². The summed E-state index contributed by atoms with van der Waals surface area (Å²) in [6.07, 6.45) is -0.0578. The monoisotopic (exact) mass is 440 g/mol. The fourth-order valence-corrected chi connectivity index (χ4v) is 3.28. The first kappa shape index (κ1) is 22.1. The number of carbonyl (C=O) groups excluding carboxylic acids is 2. The first-order valence-corrected chi connectivity index (χ1v) is 9.76. The molecule has 1 unspecified atom stereocenters. The van der Waals surface area contributed by atoms with E-state index in [0.29, 0.717) is 21.7 Å². The van der Waals surface area contributed by atoms with Crippen molar-refractivity contribution in [1.82, 2.24) is 5.32 Å². The number of hydrogen-bond donors (Lipinski definition) is 1. The number of amides is 1. The number of nitro benzene ring substituents is 1. The van der Waals surface area contributed by atoms with Gasteiger partial charge in [-0.25, -0.2) is 4.39 Å². The third kappa shape index (κ3) is 6.20. The molecule has 0 radical (unpaired) electrons. The van der Waals surface area contributed by atoms with Crippen LogP contribution < -0.4 is 5.32 Å². The number of hydrogen-bond acceptors (Lipinski definition) is 4. The van der Waals surface area contributed by atoms with Crippen LogP contribution in [0.5, 0.6) is 0 Å². The van der Waals surface area contributed by atoms with Crippen molar-refractivity contribution in [1.29, 1.82) is 0 Å². The van der Waals surface area contributed by atoms with E-state index in [1.807, 2.05) is 0 Å². The smallest absolute Gasteiger partial charge is 0.269 e. The number of halogens is 2. The van der Waals surface area contributed by atoms with Crippen molar-refractivity contribution in [3.05, 3.63) is 110 Å². The molecular weight excluding hydrogens is 423 g/mol. The molecule has 1 atom stereocenters. The summed E-state index contributed by atoms with van der Waals surface area (Å²) in [6.45, 7) is 0. The SMILES string of the molecule is O=C(Cc1ccc([N+](=O)[O-])cc1)NC(CC(=O)c1ccc(F)cc1)c1cccc(Cl)c1. The van der Waals surface area contributed by atoms with Crippen molar-refractivity contribution in [2.45, 2.75) is 18.9 Å². The van der Waals surface area contributed by atoms with Gasteiger partial charge < -0.3 is 5.32 Å². The van der Waals surface area contributed by atoms with Gasteiger partial charge in [0.25, 0.3) is 5.69 Å². The van der Waals surface area contributed by atoms with E-state index in [1.54, 1.807) is 24.3 Å². The highest BCUT2D eigenvalue weighted by Gasteiger charge is 2.20. The number of nitrogens with one attached hydrogen (secondary N) is 1. The Bertz CT molecular complexity index is 1100. The van der Waals surface area contributed by atoms with E-state index in [9.17, 15) is 24.1 Å². The summed E-state index contributed by atoms with van der Waals surface area (Å²) in [5.41, 5.74) is 1.52. The molecule has 0 heterocycles. The molecule has 0 aliphatic heterocycles. The molecule has 8 heteroatoms. The van der Waals surface area contributed by atoms with Gasteiger partial charge in [-0.3, -0.25) is 19.7 Å². The minimum atomic E-state index is -0.651. The first-order valence-electron chi connectivity index (χ1n) is 9.39. The predicted molar refractivity (Wildman–Crippen MR) is 114 cm³/mol. The summed E-state index contributed by atoms with van der Waals surface area (Å²) in [6, 6.07) is 17.0. The highest BCUT2D eigenvalue weighted by atomic mass is 35.5. The van der Waals surface area contributed by atoms with Crippen molar-refractivity contribution >= 4 is 29.0 Å². The number of carbonyl (C=O) groups is 2. The third-order valence-corrected chi connectivity index (χ3v) is 4.89. The zero-order chi connectivity index (χ0) is 22.4. The lowest BCUT2D eigenvalue weighted by Crippen LogP contribution is -2.31. The van der Waals surface area contributed by atoms with Crippen molar-refractivity contribution in [2.24, 2.45) is 0 Å². The number of non-ortho nitro benzene ring substituents is 1. The number of rotatable bonds is 8. The Labute approximate surface area is 182 Å².